The number of fused-ring (bicyclic) bond motifs is 6. The van der Waals surface area contributed by atoms with Crippen molar-refractivity contribution >= 4 is 43.6 Å². The minimum Gasteiger partial charge on any atom is -0.309 e. The fraction of sp³-hybridized carbons (Fsp3) is 0. The van der Waals surface area contributed by atoms with E-state index in [0.29, 0.717) is 5.56 Å². The Hall–Kier alpha value is -5.79. The molecule has 0 atom stereocenters. The number of benzene rings is 5. The first-order chi connectivity index (χ1) is 20.3. The number of hydrogen-bond acceptors (Lipinski definition) is 3. The molecule has 4 heteroatoms. The van der Waals surface area contributed by atoms with Gasteiger partial charge >= 0.3 is 0 Å². The first-order valence-electron chi connectivity index (χ1n) is 13.6. The van der Waals surface area contributed by atoms with Crippen LogP contribution in [0.5, 0.6) is 0 Å². The summed E-state index contributed by atoms with van der Waals surface area (Å²) >= 11 is 0. The lowest BCUT2D eigenvalue weighted by atomic mass is 9.98. The van der Waals surface area contributed by atoms with Crippen molar-refractivity contribution in [1.29, 1.82) is 5.26 Å². The molecule has 0 saturated heterocycles. The minimum atomic E-state index is 0.667. The van der Waals surface area contributed by atoms with Gasteiger partial charge in [0, 0.05) is 39.0 Å². The predicted octanol–water partition coefficient (Wildman–Crippen LogP) is 9.09. The molecule has 0 aliphatic carbocycles. The molecule has 0 N–H and O–H groups in total. The van der Waals surface area contributed by atoms with Gasteiger partial charge in [-0.15, -0.1) is 0 Å². The second-order valence-corrected chi connectivity index (χ2v) is 10.2. The molecule has 0 radical (unpaired) electrons. The Bertz CT molecular complexity index is 2320. The maximum Gasteiger partial charge on any atom is 0.0998 e. The fourth-order valence-electron chi connectivity index (χ4n) is 5.92. The van der Waals surface area contributed by atoms with Gasteiger partial charge in [0.25, 0.3) is 0 Å². The molecule has 0 fully saturated rings. The topological polar surface area (TPSA) is 54.5 Å². The van der Waals surface area contributed by atoms with Crippen molar-refractivity contribution in [3.05, 3.63) is 139 Å². The summed E-state index contributed by atoms with van der Waals surface area (Å²) in [4.78, 5) is 9.74. The van der Waals surface area contributed by atoms with E-state index in [1.165, 1.54) is 0 Å². The van der Waals surface area contributed by atoms with Gasteiger partial charge in [0.1, 0.15) is 0 Å². The summed E-state index contributed by atoms with van der Waals surface area (Å²) in [5.74, 6) is 0. The Labute approximate surface area is 236 Å². The van der Waals surface area contributed by atoms with Gasteiger partial charge in [-0.3, -0.25) is 4.98 Å². The van der Waals surface area contributed by atoms with Crippen LogP contribution in [-0.2, 0) is 0 Å². The van der Waals surface area contributed by atoms with Crippen molar-refractivity contribution in [2.75, 3.05) is 0 Å². The van der Waals surface area contributed by atoms with Crippen LogP contribution in [0.3, 0.4) is 0 Å². The molecule has 0 amide bonds. The largest absolute Gasteiger partial charge is 0.309 e. The van der Waals surface area contributed by atoms with E-state index >= 15 is 0 Å². The van der Waals surface area contributed by atoms with E-state index in [0.717, 1.165) is 71.7 Å². The maximum absolute atomic E-state index is 9.76. The number of aromatic nitrogens is 3. The predicted molar refractivity (Wildman–Crippen MR) is 167 cm³/mol. The summed E-state index contributed by atoms with van der Waals surface area (Å²) in [6, 6.07) is 46.1. The first kappa shape index (κ1) is 23.1. The fourth-order valence-corrected chi connectivity index (χ4v) is 5.92. The summed E-state index contributed by atoms with van der Waals surface area (Å²) in [5.41, 5.74) is 9.73. The van der Waals surface area contributed by atoms with Gasteiger partial charge in [0.15, 0.2) is 0 Å². The van der Waals surface area contributed by atoms with E-state index in [4.69, 9.17) is 4.98 Å². The highest BCUT2D eigenvalue weighted by molar-refractivity contribution is 6.12. The van der Waals surface area contributed by atoms with E-state index in [1.807, 2.05) is 42.6 Å². The van der Waals surface area contributed by atoms with Gasteiger partial charge in [0.2, 0.25) is 0 Å². The molecule has 0 saturated carbocycles. The van der Waals surface area contributed by atoms with E-state index in [-0.39, 0.29) is 0 Å². The molecule has 5 aromatic carbocycles. The Morgan fingerprint density at radius 2 is 1.27 bits per heavy atom. The molecule has 0 aliphatic heterocycles. The highest BCUT2D eigenvalue weighted by Gasteiger charge is 2.16. The highest BCUT2D eigenvalue weighted by atomic mass is 15.0. The third-order valence-corrected chi connectivity index (χ3v) is 7.87. The number of nitriles is 1. The normalized spacial score (nSPS) is 11.4. The zero-order valence-corrected chi connectivity index (χ0v) is 22.0. The van der Waals surface area contributed by atoms with Crippen LogP contribution < -0.4 is 0 Å². The van der Waals surface area contributed by atoms with Gasteiger partial charge in [-0.2, -0.15) is 5.26 Å². The van der Waals surface area contributed by atoms with E-state index in [1.54, 1.807) is 0 Å². The van der Waals surface area contributed by atoms with Crippen LogP contribution in [0, 0.1) is 11.3 Å². The van der Waals surface area contributed by atoms with E-state index < -0.39 is 0 Å². The number of hydrogen-bond donors (Lipinski definition) is 0. The van der Waals surface area contributed by atoms with Crippen molar-refractivity contribution in [2.45, 2.75) is 0 Å². The van der Waals surface area contributed by atoms with Crippen molar-refractivity contribution in [3.63, 3.8) is 0 Å². The molecular formula is C37H22N4. The molecule has 41 heavy (non-hydrogen) atoms. The Kier molecular flexibility index (Phi) is 5.16. The summed E-state index contributed by atoms with van der Waals surface area (Å²) < 4.78 is 2.31. The second-order valence-electron chi connectivity index (χ2n) is 10.2. The standard InChI is InChI=1S/C37H22N4/c38-23-28-7-4-5-11-30(28)26-15-18-34-31(21-26)32-22-27(16-19-35(32)41(34)29-9-2-1-3-10-29)33-17-14-25-13-12-24-8-6-20-39-36(24)37(25)40-33/h1-22H. The van der Waals surface area contributed by atoms with E-state index in [2.05, 4.69) is 107 Å². The zero-order valence-electron chi connectivity index (χ0n) is 22.0. The average molecular weight is 523 g/mol. The second kappa shape index (κ2) is 9.15. The van der Waals surface area contributed by atoms with Gasteiger partial charge in [-0.1, -0.05) is 72.8 Å². The summed E-state index contributed by atoms with van der Waals surface area (Å²) in [5, 5.41) is 14.2. The molecule has 0 unspecified atom stereocenters. The van der Waals surface area contributed by atoms with Crippen molar-refractivity contribution in [2.24, 2.45) is 0 Å². The third kappa shape index (κ3) is 3.68. The molecule has 0 spiro atoms. The Morgan fingerprint density at radius 1 is 0.585 bits per heavy atom. The number of pyridine rings is 2. The molecule has 0 aliphatic rings. The summed E-state index contributed by atoms with van der Waals surface area (Å²) in [6.45, 7) is 0. The highest BCUT2D eigenvalue weighted by Crippen LogP contribution is 2.37. The number of nitrogens with zero attached hydrogens (tertiary/aromatic N) is 4. The zero-order chi connectivity index (χ0) is 27.3. The van der Waals surface area contributed by atoms with Crippen LogP contribution in [-0.4, -0.2) is 14.5 Å². The number of rotatable bonds is 3. The Morgan fingerprint density at radius 3 is 2.07 bits per heavy atom. The lowest BCUT2D eigenvalue weighted by molar-refractivity contribution is 1.18. The lowest BCUT2D eigenvalue weighted by Crippen LogP contribution is -1.93. The SMILES string of the molecule is N#Cc1ccccc1-c1ccc2c(c1)c1cc(-c3ccc4ccc5cccnc5c4n3)ccc1n2-c1ccccc1. The van der Waals surface area contributed by atoms with Crippen LogP contribution in [0.4, 0.5) is 0 Å². The minimum absolute atomic E-state index is 0.667. The molecule has 0 bridgehead atoms. The quantitative estimate of drug-likeness (QED) is 0.217. The first-order valence-corrected chi connectivity index (χ1v) is 13.6. The average Bonchev–Trinajstić information content (AvgIpc) is 3.37. The van der Waals surface area contributed by atoms with Gasteiger partial charge in [-0.05, 0) is 65.7 Å². The van der Waals surface area contributed by atoms with Crippen LogP contribution in [0.15, 0.2) is 134 Å². The van der Waals surface area contributed by atoms with E-state index in [9.17, 15) is 5.26 Å². The van der Waals surface area contributed by atoms with Crippen LogP contribution in [0.1, 0.15) is 5.56 Å². The number of para-hydroxylation sites is 1. The summed E-state index contributed by atoms with van der Waals surface area (Å²) in [6.07, 6.45) is 1.82. The smallest absolute Gasteiger partial charge is 0.0998 e. The monoisotopic (exact) mass is 522 g/mol. The van der Waals surface area contributed by atoms with Crippen LogP contribution >= 0.6 is 0 Å². The van der Waals surface area contributed by atoms with Crippen molar-refractivity contribution in [3.8, 4) is 34.1 Å². The molecule has 8 aromatic rings. The van der Waals surface area contributed by atoms with Gasteiger partial charge < -0.3 is 4.57 Å². The third-order valence-electron chi connectivity index (χ3n) is 7.87. The molecule has 4 nitrogen and oxygen atoms in total. The van der Waals surface area contributed by atoms with Gasteiger partial charge in [-0.25, -0.2) is 4.98 Å². The van der Waals surface area contributed by atoms with Crippen molar-refractivity contribution in [1.82, 2.24) is 14.5 Å². The molecular weight excluding hydrogens is 500 g/mol. The maximum atomic E-state index is 9.76. The van der Waals surface area contributed by atoms with Crippen LogP contribution in [0.25, 0.3) is 71.7 Å². The molecule has 3 heterocycles. The van der Waals surface area contributed by atoms with Crippen LogP contribution in [0.2, 0.25) is 0 Å². The molecule has 3 aromatic heterocycles. The lowest BCUT2D eigenvalue weighted by Gasteiger charge is -2.09. The molecule has 8 rings (SSSR count). The van der Waals surface area contributed by atoms with Gasteiger partial charge in [0.05, 0.1) is 39.4 Å². The summed E-state index contributed by atoms with van der Waals surface area (Å²) in [7, 11) is 0. The van der Waals surface area contributed by atoms with Crippen molar-refractivity contribution < 1.29 is 0 Å². The molecule has 190 valence electrons. The Balaban J connectivity index is 1.39.